The SMILES string of the molecule is c1csc(-c2cc(-c3cc4ccccc4nc3-c3cccs3)c3ccccc3n2)c1. The van der Waals surface area contributed by atoms with Gasteiger partial charge >= 0.3 is 0 Å². The quantitative estimate of drug-likeness (QED) is 0.291. The zero-order valence-corrected chi connectivity index (χ0v) is 17.6. The van der Waals surface area contributed by atoms with E-state index in [0.29, 0.717) is 0 Å². The normalized spacial score (nSPS) is 11.3. The molecule has 0 fully saturated rings. The van der Waals surface area contributed by atoms with E-state index >= 15 is 0 Å². The van der Waals surface area contributed by atoms with E-state index in [1.807, 2.05) is 6.07 Å². The predicted molar refractivity (Wildman–Crippen MR) is 129 cm³/mol. The van der Waals surface area contributed by atoms with Crippen LogP contribution in [0.4, 0.5) is 0 Å². The number of hydrogen-bond acceptors (Lipinski definition) is 4. The fourth-order valence-electron chi connectivity index (χ4n) is 3.87. The van der Waals surface area contributed by atoms with E-state index in [0.717, 1.165) is 38.8 Å². The molecule has 0 radical (unpaired) electrons. The Morgan fingerprint density at radius 3 is 2.10 bits per heavy atom. The summed E-state index contributed by atoms with van der Waals surface area (Å²) in [6.45, 7) is 0. The average Bonchev–Trinajstić information content (AvgIpc) is 3.52. The van der Waals surface area contributed by atoms with Crippen LogP contribution in [0.5, 0.6) is 0 Å². The van der Waals surface area contributed by atoms with Gasteiger partial charge in [0.2, 0.25) is 0 Å². The second-order valence-electron chi connectivity index (χ2n) is 7.10. The van der Waals surface area contributed by atoms with Crippen LogP contribution in [0, 0.1) is 0 Å². The van der Waals surface area contributed by atoms with E-state index in [-0.39, 0.29) is 0 Å². The minimum absolute atomic E-state index is 1.00. The lowest BCUT2D eigenvalue weighted by Gasteiger charge is -2.14. The van der Waals surface area contributed by atoms with Crippen molar-refractivity contribution in [3.05, 3.63) is 95.7 Å². The monoisotopic (exact) mass is 420 g/mol. The molecule has 0 N–H and O–H groups in total. The highest BCUT2D eigenvalue weighted by atomic mass is 32.1. The zero-order chi connectivity index (χ0) is 19.9. The molecule has 0 aliphatic heterocycles. The summed E-state index contributed by atoms with van der Waals surface area (Å²) in [5.74, 6) is 0. The lowest BCUT2D eigenvalue weighted by molar-refractivity contribution is 1.39. The van der Waals surface area contributed by atoms with Crippen molar-refractivity contribution in [2.75, 3.05) is 0 Å². The Hall–Kier alpha value is -3.34. The van der Waals surface area contributed by atoms with Crippen LogP contribution in [0.3, 0.4) is 0 Å². The summed E-state index contributed by atoms with van der Waals surface area (Å²) in [5, 5.41) is 6.50. The molecule has 6 rings (SSSR count). The van der Waals surface area contributed by atoms with Gasteiger partial charge in [0.15, 0.2) is 0 Å². The van der Waals surface area contributed by atoms with Crippen molar-refractivity contribution in [3.63, 3.8) is 0 Å². The number of nitrogens with zero attached hydrogens (tertiary/aromatic N) is 2. The summed E-state index contributed by atoms with van der Waals surface area (Å²) in [7, 11) is 0. The van der Waals surface area contributed by atoms with E-state index < -0.39 is 0 Å². The van der Waals surface area contributed by atoms with Crippen LogP contribution >= 0.6 is 22.7 Å². The van der Waals surface area contributed by atoms with Crippen molar-refractivity contribution in [1.82, 2.24) is 9.97 Å². The van der Waals surface area contributed by atoms with Crippen molar-refractivity contribution in [2.24, 2.45) is 0 Å². The Labute approximate surface area is 182 Å². The molecule has 4 aromatic heterocycles. The van der Waals surface area contributed by atoms with Crippen molar-refractivity contribution in [3.8, 4) is 32.3 Å². The fraction of sp³-hybridized carbons (Fsp3) is 0. The number of para-hydroxylation sites is 2. The lowest BCUT2D eigenvalue weighted by atomic mass is 9.96. The topological polar surface area (TPSA) is 25.8 Å². The molecule has 2 aromatic carbocycles. The number of rotatable bonds is 3. The third kappa shape index (κ3) is 2.93. The van der Waals surface area contributed by atoms with Gasteiger partial charge < -0.3 is 0 Å². The van der Waals surface area contributed by atoms with Gasteiger partial charge in [-0.15, -0.1) is 22.7 Å². The smallest absolute Gasteiger partial charge is 0.0887 e. The summed E-state index contributed by atoms with van der Waals surface area (Å²) in [6.07, 6.45) is 0. The van der Waals surface area contributed by atoms with Gasteiger partial charge in [-0.05, 0) is 52.7 Å². The molecule has 4 heterocycles. The molecule has 0 bridgehead atoms. The first kappa shape index (κ1) is 17.5. The van der Waals surface area contributed by atoms with Crippen molar-refractivity contribution in [1.29, 1.82) is 0 Å². The van der Waals surface area contributed by atoms with Gasteiger partial charge in [0.1, 0.15) is 0 Å². The maximum absolute atomic E-state index is 5.09. The largest absolute Gasteiger partial charge is 0.247 e. The van der Waals surface area contributed by atoms with E-state index in [1.165, 1.54) is 15.3 Å². The molecule has 6 aromatic rings. The third-order valence-electron chi connectivity index (χ3n) is 5.26. The first-order chi connectivity index (χ1) is 14.9. The van der Waals surface area contributed by atoms with Crippen LogP contribution in [-0.2, 0) is 0 Å². The molecule has 0 unspecified atom stereocenters. The van der Waals surface area contributed by atoms with E-state index in [2.05, 4.69) is 89.6 Å². The minimum atomic E-state index is 1.00. The summed E-state index contributed by atoms with van der Waals surface area (Å²) in [5.41, 5.74) is 6.37. The van der Waals surface area contributed by atoms with E-state index in [1.54, 1.807) is 22.7 Å². The van der Waals surface area contributed by atoms with Crippen LogP contribution in [-0.4, -0.2) is 9.97 Å². The van der Waals surface area contributed by atoms with Crippen LogP contribution in [0.2, 0.25) is 0 Å². The number of thiophene rings is 2. The molecule has 0 spiro atoms. The molecule has 0 amide bonds. The van der Waals surface area contributed by atoms with Crippen LogP contribution < -0.4 is 0 Å². The van der Waals surface area contributed by atoms with Crippen LogP contribution in [0.25, 0.3) is 54.1 Å². The molecule has 0 saturated heterocycles. The predicted octanol–water partition coefficient (Wildman–Crippen LogP) is 7.91. The van der Waals surface area contributed by atoms with Gasteiger partial charge in [0.05, 0.1) is 32.2 Å². The van der Waals surface area contributed by atoms with Gasteiger partial charge in [-0.25, -0.2) is 9.97 Å². The Morgan fingerprint density at radius 1 is 0.567 bits per heavy atom. The molecule has 2 nitrogen and oxygen atoms in total. The van der Waals surface area contributed by atoms with Crippen LogP contribution in [0.15, 0.2) is 95.7 Å². The number of benzene rings is 2. The minimum Gasteiger partial charge on any atom is -0.247 e. The number of aromatic nitrogens is 2. The standard InChI is InChI=1S/C26H16N2S2/c1-3-9-21-17(7-1)15-20(26(28-21)25-12-6-14-30-25)19-16-23(24-11-5-13-29-24)27-22-10-4-2-8-18(19)22/h1-16H. The summed E-state index contributed by atoms with van der Waals surface area (Å²) >= 11 is 3.44. The molecule has 30 heavy (non-hydrogen) atoms. The fourth-order valence-corrected chi connectivity index (χ4v) is 5.29. The number of hydrogen-bond donors (Lipinski definition) is 0. The molecular weight excluding hydrogens is 404 g/mol. The van der Waals surface area contributed by atoms with Crippen molar-refractivity contribution < 1.29 is 0 Å². The zero-order valence-electron chi connectivity index (χ0n) is 15.9. The lowest BCUT2D eigenvalue weighted by Crippen LogP contribution is -1.93. The van der Waals surface area contributed by atoms with Gasteiger partial charge in [-0.1, -0.05) is 48.5 Å². The van der Waals surface area contributed by atoms with Gasteiger partial charge in [-0.3, -0.25) is 0 Å². The second-order valence-corrected chi connectivity index (χ2v) is 9.00. The average molecular weight is 421 g/mol. The highest BCUT2D eigenvalue weighted by Gasteiger charge is 2.16. The van der Waals surface area contributed by atoms with Crippen LogP contribution in [0.1, 0.15) is 0 Å². The maximum atomic E-state index is 5.09. The highest BCUT2D eigenvalue weighted by Crippen LogP contribution is 2.40. The van der Waals surface area contributed by atoms with E-state index in [9.17, 15) is 0 Å². The molecule has 0 aliphatic carbocycles. The summed E-state index contributed by atoms with van der Waals surface area (Å²) < 4.78 is 0. The number of pyridine rings is 2. The number of fused-ring (bicyclic) bond motifs is 2. The van der Waals surface area contributed by atoms with Gasteiger partial charge in [0.25, 0.3) is 0 Å². The molecule has 0 aliphatic rings. The first-order valence-corrected chi connectivity index (χ1v) is 11.5. The molecule has 4 heteroatoms. The maximum Gasteiger partial charge on any atom is 0.0887 e. The molecule has 0 saturated carbocycles. The van der Waals surface area contributed by atoms with E-state index in [4.69, 9.17) is 9.97 Å². The second kappa shape index (κ2) is 7.17. The Kier molecular flexibility index (Phi) is 4.18. The summed E-state index contributed by atoms with van der Waals surface area (Å²) in [6, 6.07) is 29.6. The third-order valence-corrected chi connectivity index (χ3v) is 7.03. The Morgan fingerprint density at radius 2 is 1.30 bits per heavy atom. The first-order valence-electron chi connectivity index (χ1n) is 9.74. The van der Waals surface area contributed by atoms with Gasteiger partial charge in [-0.2, -0.15) is 0 Å². The van der Waals surface area contributed by atoms with Gasteiger partial charge in [0, 0.05) is 16.3 Å². The van der Waals surface area contributed by atoms with Crippen molar-refractivity contribution in [2.45, 2.75) is 0 Å². The Bertz CT molecular complexity index is 1480. The molecule has 0 atom stereocenters. The molecule has 142 valence electrons. The molecular formula is C26H16N2S2. The Balaban J connectivity index is 1.72. The van der Waals surface area contributed by atoms with Crippen molar-refractivity contribution >= 4 is 44.5 Å². The highest BCUT2D eigenvalue weighted by molar-refractivity contribution is 7.13. The summed E-state index contributed by atoms with van der Waals surface area (Å²) in [4.78, 5) is 12.4.